The largest absolute Gasteiger partial charge is 0.508 e. The van der Waals surface area contributed by atoms with Crippen molar-refractivity contribution in [2.24, 2.45) is 0 Å². The summed E-state index contributed by atoms with van der Waals surface area (Å²) < 4.78 is 9.41. The first kappa shape index (κ1) is 24.5. The predicted octanol–water partition coefficient (Wildman–Crippen LogP) is 4.01. The van der Waals surface area contributed by atoms with Gasteiger partial charge in [-0.1, -0.05) is 49.6 Å². The van der Waals surface area contributed by atoms with Crippen molar-refractivity contribution in [2.45, 2.75) is 12.8 Å². The number of carbonyl (C=O) groups excluding carboxylic acids is 2. The van der Waals surface area contributed by atoms with Crippen molar-refractivity contribution in [1.29, 1.82) is 0 Å². The fourth-order valence-corrected chi connectivity index (χ4v) is 1.52. The van der Waals surface area contributed by atoms with Gasteiger partial charge in [0.1, 0.15) is 11.5 Å². The highest BCUT2D eigenvalue weighted by Crippen LogP contribution is 2.03. The average Bonchev–Trinajstić information content (AvgIpc) is 2.72. The van der Waals surface area contributed by atoms with Gasteiger partial charge in [-0.2, -0.15) is 0 Å². The minimum atomic E-state index is -0.437. The van der Waals surface area contributed by atoms with Gasteiger partial charge in [0.25, 0.3) is 0 Å². The van der Waals surface area contributed by atoms with Crippen LogP contribution in [-0.4, -0.2) is 35.4 Å². The van der Waals surface area contributed by atoms with Crippen LogP contribution in [-0.2, 0) is 19.1 Å². The second-order valence-electron chi connectivity index (χ2n) is 5.12. The van der Waals surface area contributed by atoms with Gasteiger partial charge in [-0.25, -0.2) is 9.59 Å². The molecule has 2 aromatic rings. The van der Waals surface area contributed by atoms with Crippen LogP contribution in [0.3, 0.4) is 0 Å². The van der Waals surface area contributed by atoms with Gasteiger partial charge in [0.2, 0.25) is 0 Å². The van der Waals surface area contributed by atoms with E-state index in [4.69, 9.17) is 19.7 Å². The van der Waals surface area contributed by atoms with E-state index in [0.717, 1.165) is 12.2 Å². The van der Waals surface area contributed by atoms with Crippen LogP contribution in [0.25, 0.3) is 0 Å². The number of ether oxygens (including phenoxy) is 2. The number of para-hydroxylation sites is 2. The molecular weight excluding hydrogens is 360 g/mol. The molecule has 6 nitrogen and oxygen atoms in total. The van der Waals surface area contributed by atoms with E-state index in [1.807, 2.05) is 12.1 Å². The van der Waals surface area contributed by atoms with Crippen LogP contribution in [0.2, 0.25) is 0 Å². The van der Waals surface area contributed by atoms with E-state index in [0.29, 0.717) is 37.6 Å². The van der Waals surface area contributed by atoms with Gasteiger partial charge in [0, 0.05) is 12.2 Å². The Bertz CT molecular complexity index is 621. The van der Waals surface area contributed by atoms with Gasteiger partial charge in [-0.3, -0.25) is 0 Å². The zero-order valence-electron chi connectivity index (χ0n) is 15.7. The molecule has 0 saturated heterocycles. The van der Waals surface area contributed by atoms with Gasteiger partial charge in [0.05, 0.1) is 13.2 Å². The molecule has 0 heterocycles. The summed E-state index contributed by atoms with van der Waals surface area (Å²) >= 11 is 0. The maximum atomic E-state index is 10.6. The molecule has 2 rings (SSSR count). The lowest BCUT2D eigenvalue weighted by Crippen LogP contribution is -2.05. The Balaban J connectivity index is 0.000000431. The summed E-state index contributed by atoms with van der Waals surface area (Å²) in [5, 5.41) is 17.3. The van der Waals surface area contributed by atoms with Crippen LogP contribution in [0, 0.1) is 0 Å². The molecule has 0 aliphatic heterocycles. The molecular formula is C22H26O6. The molecule has 0 aromatic heterocycles. The standard InChI is InChI=1S/C10H14O4.2C6H6O/c1-3-9(11)13-7-5-6-8-14-10(12)4-2;2*7-6-4-2-1-3-5-6/h3-4H,1-2,5-8H2;2*1-5,7H. The normalized spacial score (nSPS) is 8.71. The summed E-state index contributed by atoms with van der Waals surface area (Å²) in [5.74, 6) is -0.230. The summed E-state index contributed by atoms with van der Waals surface area (Å²) in [7, 11) is 0. The predicted molar refractivity (Wildman–Crippen MR) is 108 cm³/mol. The van der Waals surface area contributed by atoms with E-state index < -0.39 is 11.9 Å². The monoisotopic (exact) mass is 386 g/mol. The van der Waals surface area contributed by atoms with Crippen LogP contribution in [0.1, 0.15) is 12.8 Å². The van der Waals surface area contributed by atoms with Crippen molar-refractivity contribution < 1.29 is 29.3 Å². The molecule has 6 heteroatoms. The second-order valence-corrected chi connectivity index (χ2v) is 5.12. The van der Waals surface area contributed by atoms with E-state index in [-0.39, 0.29) is 0 Å². The molecule has 0 spiro atoms. The third-order valence-electron chi connectivity index (χ3n) is 2.87. The first-order valence-electron chi connectivity index (χ1n) is 8.56. The van der Waals surface area contributed by atoms with Gasteiger partial charge >= 0.3 is 11.9 Å². The summed E-state index contributed by atoms with van der Waals surface area (Å²) in [6.07, 6.45) is 3.53. The molecule has 0 radical (unpaired) electrons. The quantitative estimate of drug-likeness (QED) is 0.424. The zero-order valence-corrected chi connectivity index (χ0v) is 15.7. The first-order valence-corrected chi connectivity index (χ1v) is 8.56. The zero-order chi connectivity index (χ0) is 21.0. The highest BCUT2D eigenvalue weighted by atomic mass is 16.5. The van der Waals surface area contributed by atoms with Crippen molar-refractivity contribution in [3.05, 3.63) is 86.0 Å². The van der Waals surface area contributed by atoms with E-state index >= 15 is 0 Å². The van der Waals surface area contributed by atoms with Crippen molar-refractivity contribution >= 4 is 11.9 Å². The smallest absolute Gasteiger partial charge is 0.330 e. The molecule has 0 fully saturated rings. The second kappa shape index (κ2) is 16.9. The van der Waals surface area contributed by atoms with Crippen molar-refractivity contribution in [2.75, 3.05) is 13.2 Å². The molecule has 0 atom stereocenters. The van der Waals surface area contributed by atoms with Crippen molar-refractivity contribution in [3.8, 4) is 11.5 Å². The number of hydrogen-bond donors (Lipinski definition) is 2. The lowest BCUT2D eigenvalue weighted by molar-refractivity contribution is -0.140. The Hall–Kier alpha value is -3.54. The van der Waals surface area contributed by atoms with E-state index in [1.54, 1.807) is 48.5 Å². The summed E-state index contributed by atoms with van der Waals surface area (Å²) in [4.78, 5) is 21.1. The topological polar surface area (TPSA) is 93.1 Å². The van der Waals surface area contributed by atoms with Gasteiger partial charge in [0.15, 0.2) is 0 Å². The average molecular weight is 386 g/mol. The molecule has 2 aromatic carbocycles. The molecule has 2 N–H and O–H groups in total. The molecule has 150 valence electrons. The number of carbonyl (C=O) groups is 2. The van der Waals surface area contributed by atoms with Crippen LogP contribution in [0.4, 0.5) is 0 Å². The minimum absolute atomic E-state index is 0.316. The number of hydrogen-bond acceptors (Lipinski definition) is 6. The van der Waals surface area contributed by atoms with Crippen LogP contribution >= 0.6 is 0 Å². The van der Waals surface area contributed by atoms with Crippen LogP contribution in [0.15, 0.2) is 86.0 Å². The number of esters is 2. The van der Waals surface area contributed by atoms with Crippen molar-refractivity contribution in [1.82, 2.24) is 0 Å². The first-order chi connectivity index (χ1) is 13.5. The minimum Gasteiger partial charge on any atom is -0.508 e. The third-order valence-corrected chi connectivity index (χ3v) is 2.87. The molecule has 0 aliphatic rings. The third kappa shape index (κ3) is 16.0. The molecule has 0 aliphatic carbocycles. The number of phenols is 2. The summed E-state index contributed by atoms with van der Waals surface area (Å²) in [6.45, 7) is 7.14. The van der Waals surface area contributed by atoms with E-state index in [1.165, 1.54) is 0 Å². The van der Waals surface area contributed by atoms with Gasteiger partial charge < -0.3 is 19.7 Å². The Morgan fingerprint density at radius 1 is 0.714 bits per heavy atom. The molecule has 0 amide bonds. The highest BCUT2D eigenvalue weighted by molar-refractivity contribution is 5.81. The van der Waals surface area contributed by atoms with Crippen LogP contribution < -0.4 is 0 Å². The van der Waals surface area contributed by atoms with E-state index in [2.05, 4.69) is 13.2 Å². The summed E-state index contributed by atoms with van der Waals surface area (Å²) in [5.41, 5.74) is 0. The maximum Gasteiger partial charge on any atom is 0.330 e. The number of rotatable bonds is 7. The van der Waals surface area contributed by atoms with Gasteiger partial charge in [-0.15, -0.1) is 0 Å². The Kier molecular flexibility index (Phi) is 14.8. The molecule has 28 heavy (non-hydrogen) atoms. The molecule has 0 bridgehead atoms. The SMILES string of the molecule is C=CC(=O)OCCCCOC(=O)C=C.Oc1ccccc1.Oc1ccccc1. The van der Waals surface area contributed by atoms with Crippen LogP contribution in [0.5, 0.6) is 11.5 Å². The number of unbranched alkanes of at least 4 members (excludes halogenated alkanes) is 1. The lowest BCUT2D eigenvalue weighted by Gasteiger charge is -2.02. The lowest BCUT2D eigenvalue weighted by atomic mass is 10.3. The molecule has 0 unspecified atom stereocenters. The molecule has 0 saturated carbocycles. The fraction of sp³-hybridized carbons (Fsp3) is 0.182. The number of aromatic hydroxyl groups is 2. The highest BCUT2D eigenvalue weighted by Gasteiger charge is 1.97. The Labute approximate surface area is 165 Å². The Morgan fingerprint density at radius 2 is 1.04 bits per heavy atom. The number of benzene rings is 2. The van der Waals surface area contributed by atoms with E-state index in [9.17, 15) is 9.59 Å². The summed E-state index contributed by atoms with van der Waals surface area (Å²) in [6, 6.07) is 17.4. The van der Waals surface area contributed by atoms with Gasteiger partial charge in [-0.05, 0) is 37.1 Å². The fourth-order valence-electron chi connectivity index (χ4n) is 1.52. The number of phenolic OH excluding ortho intramolecular Hbond substituents is 2. The maximum absolute atomic E-state index is 10.6. The Morgan fingerprint density at radius 3 is 1.25 bits per heavy atom. The van der Waals surface area contributed by atoms with Crippen molar-refractivity contribution in [3.63, 3.8) is 0 Å².